The number of benzene rings is 2. The highest BCUT2D eigenvalue weighted by Crippen LogP contribution is 2.18. The van der Waals surface area contributed by atoms with Crippen LogP contribution in [-0.2, 0) is 16.1 Å². The number of hydrogen-bond acceptors (Lipinski definition) is 3. The molecule has 6 nitrogen and oxygen atoms in total. The van der Waals surface area contributed by atoms with Crippen LogP contribution in [0.1, 0.15) is 13.8 Å². The van der Waals surface area contributed by atoms with Crippen LogP contribution >= 0.6 is 0 Å². The summed E-state index contributed by atoms with van der Waals surface area (Å²) < 4.78 is 1.86. The average molecular weight is 365 g/mol. The van der Waals surface area contributed by atoms with Crippen LogP contribution in [0.2, 0.25) is 0 Å². The van der Waals surface area contributed by atoms with Crippen molar-refractivity contribution in [3.05, 3.63) is 58.8 Å². The molecule has 2 N–H and O–H groups in total. The summed E-state index contributed by atoms with van der Waals surface area (Å²) in [6.07, 6.45) is 0. The van der Waals surface area contributed by atoms with E-state index in [-0.39, 0.29) is 29.7 Å². The van der Waals surface area contributed by atoms with Crippen LogP contribution in [0.5, 0.6) is 0 Å². The van der Waals surface area contributed by atoms with Crippen molar-refractivity contribution in [1.82, 2.24) is 15.2 Å². The second-order valence-corrected chi connectivity index (χ2v) is 6.75. The monoisotopic (exact) mass is 365 g/mol. The predicted octanol–water partition coefficient (Wildman–Crippen LogP) is 2.04. The van der Waals surface area contributed by atoms with Crippen LogP contribution in [0.25, 0.3) is 21.8 Å². The second-order valence-electron chi connectivity index (χ2n) is 6.75. The maximum Gasteiger partial charge on any atom is 0.240 e. The highest BCUT2D eigenvalue weighted by Gasteiger charge is 2.12. The van der Waals surface area contributed by atoms with Crippen molar-refractivity contribution in [3.63, 3.8) is 0 Å². The molecule has 0 fully saturated rings. The molecule has 0 atom stereocenters. The van der Waals surface area contributed by atoms with Crippen molar-refractivity contribution in [2.45, 2.75) is 20.4 Å². The molecule has 0 saturated heterocycles. The molecule has 1 heterocycles. The first-order valence-electron chi connectivity index (χ1n) is 9.03. The van der Waals surface area contributed by atoms with E-state index in [1.54, 1.807) is 12.1 Å². The number of fused-ring (bicyclic) bond motifs is 2. The number of pyridine rings is 1. The molecule has 0 spiro atoms. The summed E-state index contributed by atoms with van der Waals surface area (Å²) in [7, 11) is 0. The first-order chi connectivity index (χ1) is 13.0. The molecule has 0 unspecified atom stereocenters. The van der Waals surface area contributed by atoms with E-state index in [0.717, 1.165) is 11.0 Å². The Morgan fingerprint density at radius 3 is 1.96 bits per heavy atom. The Kier molecular flexibility index (Phi) is 5.54. The lowest BCUT2D eigenvalue weighted by Gasteiger charge is -2.15. The van der Waals surface area contributed by atoms with Crippen molar-refractivity contribution >= 4 is 33.6 Å². The Balaban J connectivity index is 1.81. The van der Waals surface area contributed by atoms with Gasteiger partial charge in [0.2, 0.25) is 11.8 Å². The minimum atomic E-state index is -0.173. The molecule has 0 radical (unpaired) electrons. The maximum atomic E-state index is 12.7. The average Bonchev–Trinajstić information content (AvgIpc) is 2.68. The SMILES string of the molecule is CC(C)C(=O)NCCNC(=O)Cn1c2ccccc2c(=O)c2ccccc21. The number of rotatable bonds is 6. The Morgan fingerprint density at radius 1 is 0.889 bits per heavy atom. The molecule has 3 rings (SSSR count). The van der Waals surface area contributed by atoms with Gasteiger partial charge in [-0.2, -0.15) is 0 Å². The highest BCUT2D eigenvalue weighted by atomic mass is 16.2. The normalized spacial score (nSPS) is 11.1. The molecular formula is C21H23N3O3. The summed E-state index contributed by atoms with van der Waals surface area (Å²) in [5.41, 5.74) is 1.42. The summed E-state index contributed by atoms with van der Waals surface area (Å²) in [5, 5.41) is 6.76. The van der Waals surface area contributed by atoms with Gasteiger partial charge in [0, 0.05) is 29.8 Å². The largest absolute Gasteiger partial charge is 0.354 e. The molecule has 6 heteroatoms. The van der Waals surface area contributed by atoms with E-state index >= 15 is 0 Å². The number of nitrogens with zero attached hydrogens (tertiary/aromatic N) is 1. The van der Waals surface area contributed by atoms with E-state index in [0.29, 0.717) is 23.9 Å². The fourth-order valence-corrected chi connectivity index (χ4v) is 3.04. The molecule has 2 aromatic carbocycles. The van der Waals surface area contributed by atoms with Gasteiger partial charge in [-0.25, -0.2) is 0 Å². The van der Waals surface area contributed by atoms with Crippen LogP contribution in [-0.4, -0.2) is 29.5 Å². The second kappa shape index (κ2) is 8.03. The fraction of sp³-hybridized carbons (Fsp3) is 0.286. The van der Waals surface area contributed by atoms with Crippen molar-refractivity contribution in [2.75, 3.05) is 13.1 Å². The van der Waals surface area contributed by atoms with Gasteiger partial charge in [0.1, 0.15) is 6.54 Å². The maximum absolute atomic E-state index is 12.7. The molecule has 0 bridgehead atoms. The third kappa shape index (κ3) is 4.00. The van der Waals surface area contributed by atoms with Crippen molar-refractivity contribution < 1.29 is 9.59 Å². The lowest BCUT2D eigenvalue weighted by molar-refractivity contribution is -0.124. The van der Waals surface area contributed by atoms with Gasteiger partial charge < -0.3 is 15.2 Å². The summed E-state index contributed by atoms with van der Waals surface area (Å²) >= 11 is 0. The van der Waals surface area contributed by atoms with E-state index in [2.05, 4.69) is 10.6 Å². The third-order valence-corrected chi connectivity index (χ3v) is 4.45. The number of nitrogens with one attached hydrogen (secondary N) is 2. The van der Waals surface area contributed by atoms with Crippen LogP contribution in [0.3, 0.4) is 0 Å². The number of amides is 2. The summed E-state index contributed by atoms with van der Waals surface area (Å²) in [6.45, 7) is 4.47. The van der Waals surface area contributed by atoms with Crippen LogP contribution in [0, 0.1) is 5.92 Å². The van der Waals surface area contributed by atoms with E-state index in [9.17, 15) is 14.4 Å². The summed E-state index contributed by atoms with van der Waals surface area (Å²) in [4.78, 5) is 36.7. The smallest absolute Gasteiger partial charge is 0.240 e. The minimum absolute atomic E-state index is 0.0331. The summed E-state index contributed by atoms with van der Waals surface area (Å²) in [6, 6.07) is 14.6. The third-order valence-electron chi connectivity index (χ3n) is 4.45. The fourth-order valence-electron chi connectivity index (χ4n) is 3.04. The standard InChI is InChI=1S/C21H23N3O3/c1-14(2)21(27)23-12-11-22-19(25)13-24-17-9-5-3-7-15(17)20(26)16-8-4-6-10-18(16)24/h3-10,14H,11-13H2,1-2H3,(H,22,25)(H,23,27). The molecule has 0 aliphatic heterocycles. The van der Waals surface area contributed by atoms with E-state index in [4.69, 9.17) is 0 Å². The Morgan fingerprint density at radius 2 is 1.41 bits per heavy atom. The quantitative estimate of drug-likeness (QED) is 0.518. The molecule has 3 aromatic rings. The number of para-hydroxylation sites is 2. The number of carbonyl (C=O) groups is 2. The molecule has 0 aliphatic rings. The Bertz CT molecular complexity index is 993. The molecule has 1 aromatic heterocycles. The summed E-state index contributed by atoms with van der Waals surface area (Å²) in [5.74, 6) is -0.297. The lowest BCUT2D eigenvalue weighted by Crippen LogP contribution is -2.37. The number of aromatic nitrogens is 1. The van der Waals surface area contributed by atoms with Crippen molar-refractivity contribution in [1.29, 1.82) is 0 Å². The molecular weight excluding hydrogens is 342 g/mol. The number of hydrogen-bond donors (Lipinski definition) is 2. The van der Waals surface area contributed by atoms with Gasteiger partial charge in [-0.15, -0.1) is 0 Å². The molecule has 0 saturated carbocycles. The van der Waals surface area contributed by atoms with Crippen LogP contribution in [0.4, 0.5) is 0 Å². The van der Waals surface area contributed by atoms with E-state index in [1.165, 1.54) is 0 Å². The molecule has 27 heavy (non-hydrogen) atoms. The van der Waals surface area contributed by atoms with Crippen LogP contribution in [0.15, 0.2) is 53.3 Å². The first kappa shape index (κ1) is 18.6. The van der Waals surface area contributed by atoms with E-state index < -0.39 is 0 Å². The van der Waals surface area contributed by atoms with Gasteiger partial charge in [0.05, 0.1) is 11.0 Å². The minimum Gasteiger partial charge on any atom is -0.354 e. The Labute approximate surface area is 157 Å². The highest BCUT2D eigenvalue weighted by molar-refractivity contribution is 5.94. The van der Waals surface area contributed by atoms with Gasteiger partial charge in [0.25, 0.3) is 0 Å². The number of carbonyl (C=O) groups excluding carboxylic acids is 2. The predicted molar refractivity (Wildman–Crippen MR) is 107 cm³/mol. The van der Waals surface area contributed by atoms with Crippen molar-refractivity contribution in [2.24, 2.45) is 5.92 Å². The molecule has 2 amide bonds. The molecule has 140 valence electrons. The van der Waals surface area contributed by atoms with Gasteiger partial charge in [0.15, 0.2) is 5.43 Å². The first-order valence-corrected chi connectivity index (χ1v) is 9.03. The molecule has 0 aliphatic carbocycles. The van der Waals surface area contributed by atoms with Gasteiger partial charge >= 0.3 is 0 Å². The van der Waals surface area contributed by atoms with Gasteiger partial charge in [-0.1, -0.05) is 38.1 Å². The zero-order valence-electron chi connectivity index (χ0n) is 15.5. The lowest BCUT2D eigenvalue weighted by atomic mass is 10.1. The topological polar surface area (TPSA) is 80.2 Å². The van der Waals surface area contributed by atoms with Gasteiger partial charge in [-0.05, 0) is 24.3 Å². The zero-order valence-corrected chi connectivity index (χ0v) is 15.5. The Hall–Kier alpha value is -3.15. The van der Waals surface area contributed by atoms with Gasteiger partial charge in [-0.3, -0.25) is 14.4 Å². The van der Waals surface area contributed by atoms with Crippen LogP contribution < -0.4 is 16.1 Å². The van der Waals surface area contributed by atoms with E-state index in [1.807, 2.05) is 54.8 Å². The van der Waals surface area contributed by atoms with Crippen molar-refractivity contribution in [3.8, 4) is 0 Å². The zero-order chi connectivity index (χ0) is 19.4.